The fourth-order valence-corrected chi connectivity index (χ4v) is 0. The van der Waals surface area contributed by atoms with E-state index in [1.165, 1.54) is 0 Å². The van der Waals surface area contributed by atoms with Crippen LogP contribution in [0.5, 0.6) is 0 Å². The van der Waals surface area contributed by atoms with Crippen LogP contribution in [0, 0.1) is 0 Å². The Hall–Kier alpha value is 5.03. The second-order valence-electron chi connectivity index (χ2n) is 4.92. The third-order valence-corrected chi connectivity index (χ3v) is 0. The minimum atomic E-state index is -5.39. The summed E-state index contributed by atoms with van der Waals surface area (Å²) in [5.74, 6) is 0. The molecule has 0 aliphatic carbocycles. The fraction of sp³-hybridized carbons (Fsp3) is 0. The molecule has 0 radical (unpaired) electrons. The van der Waals surface area contributed by atoms with Crippen molar-refractivity contribution in [2.75, 3.05) is 0 Å². The second-order valence-corrected chi connectivity index (χ2v) is 14.8. The predicted octanol–water partition coefficient (Wildman–Crippen LogP) is -31.1. The van der Waals surface area contributed by atoms with Gasteiger partial charge in [-0.25, -0.2) is 0 Å². The van der Waals surface area contributed by atoms with Crippen molar-refractivity contribution in [3.05, 3.63) is 0 Å². The molecular weight excluding hydrogens is 1490 g/mol. The third-order valence-electron chi connectivity index (χ3n) is 0. The standard InChI is InChI=1S/3Mo.11H3O4P.3V/c;;;11*1-5(2,3)4;;;/h;;;11*(H3,1,2,3,4);;;/q3*+6;;;;;;;;;;;;3*+5/p-33. The predicted molar refractivity (Wildman–Crippen MR) is 83.7 cm³/mol. The van der Waals surface area contributed by atoms with Gasteiger partial charge in [0.15, 0.2) is 0 Å². The van der Waals surface area contributed by atoms with E-state index in [-0.39, 0.29) is 119 Å². The van der Waals surface area contributed by atoms with Crippen LogP contribution in [0.3, 0.4) is 0 Å². The van der Waals surface area contributed by atoms with Crippen LogP contribution in [0.1, 0.15) is 0 Å². The minimum absolute atomic E-state index is 0. The summed E-state index contributed by atoms with van der Waals surface area (Å²) < 4.78 is 94.0. The van der Waals surface area contributed by atoms with E-state index in [9.17, 15) is 0 Å². The van der Waals surface area contributed by atoms with Gasteiger partial charge in [-0.1, -0.05) is 0 Å². The molecule has 0 aromatic carbocycles. The monoisotopic (exact) mass is 1490 g/mol. The van der Waals surface area contributed by atoms with E-state index in [4.69, 9.17) is 212 Å². The van der Waals surface area contributed by atoms with Gasteiger partial charge in [0.1, 0.15) is 0 Å². The third kappa shape index (κ3) is 10200. The molecular formula is Mo3O44P11V3. The van der Waals surface area contributed by atoms with Crippen LogP contribution in [0.2, 0.25) is 0 Å². The Kier molecular flexibility index (Phi) is 101. The van der Waals surface area contributed by atoms with E-state index in [0.717, 1.165) is 0 Å². The molecule has 44 nitrogen and oxygen atoms in total. The zero-order chi connectivity index (χ0) is 49.5. The van der Waals surface area contributed by atoms with Crippen LogP contribution in [-0.4, -0.2) is 0 Å². The SMILES string of the molecule is O=P([O-])([O-])[O-].O=P([O-])([O-])[O-].O=P([O-])([O-])[O-].O=P([O-])([O-])[O-].O=P([O-])([O-])[O-].O=P([O-])([O-])[O-].O=P([O-])([O-])[O-].O=P([O-])([O-])[O-].O=P([O-])([O-])[O-].O=P([O-])([O-])[O-].O=P([O-])([O-])[O-].[Mo+6].[Mo+6].[Mo+6].[V+5].[V+5].[V+5]. The van der Waals surface area contributed by atoms with Crippen LogP contribution in [0.15, 0.2) is 0 Å². The van der Waals surface area contributed by atoms with E-state index in [1.807, 2.05) is 0 Å². The molecule has 0 bridgehead atoms. The Labute approximate surface area is 413 Å². The molecule has 61 heteroatoms. The summed E-state index contributed by atoms with van der Waals surface area (Å²) in [6, 6.07) is 0. The largest absolute Gasteiger partial charge is 6.00 e. The molecule has 0 fully saturated rings. The van der Waals surface area contributed by atoms with Gasteiger partial charge in [0.2, 0.25) is 0 Å². The molecule has 0 atom stereocenters. The molecule has 0 rings (SSSR count). The normalized spacial score (nSPS) is 10.6. The number of hydrogen-bond donors (Lipinski definition) is 0. The molecule has 0 saturated heterocycles. The van der Waals surface area contributed by atoms with Crippen molar-refractivity contribution in [3.63, 3.8) is 0 Å². The number of phosphoric acid groups is 11. The molecule has 0 heterocycles. The van der Waals surface area contributed by atoms with Crippen molar-refractivity contribution in [2.24, 2.45) is 0 Å². The maximum absolute atomic E-state index is 8.55. The molecule has 61 heavy (non-hydrogen) atoms. The summed E-state index contributed by atoms with van der Waals surface area (Å²) >= 11 is 0. The van der Waals surface area contributed by atoms with E-state index >= 15 is 0 Å². The molecule has 0 saturated carbocycles. The van der Waals surface area contributed by atoms with Crippen molar-refractivity contribution < 1.29 is 331 Å². The maximum Gasteiger partial charge on any atom is 6.00 e. The van der Waals surface area contributed by atoms with Gasteiger partial charge in [-0.2, -0.15) is 86.0 Å². The summed E-state index contributed by atoms with van der Waals surface area (Å²) in [6.45, 7) is 0. The van der Waals surface area contributed by atoms with Crippen molar-refractivity contribution in [3.8, 4) is 0 Å². The van der Waals surface area contributed by atoms with Crippen LogP contribution in [-0.2, 0) is 169 Å². The van der Waals surface area contributed by atoms with Gasteiger partial charge in [0, 0.05) is 0 Å². The Bertz CT molecular complexity index is 962. The summed E-state index contributed by atoms with van der Waals surface area (Å²) in [6.07, 6.45) is 0. The number of hydrogen-bond acceptors (Lipinski definition) is 44. The average Bonchev–Trinajstić information content (AvgIpc) is 2.41. The van der Waals surface area contributed by atoms with Gasteiger partial charge in [-0.3, -0.25) is 0 Å². The smallest absolute Gasteiger partial charge is 0.822 e. The average molecular weight is 1490 g/mol. The van der Waals surface area contributed by atoms with Gasteiger partial charge in [-0.05, 0) is 0 Å². The van der Waals surface area contributed by atoms with E-state index in [2.05, 4.69) is 0 Å². The van der Waals surface area contributed by atoms with Crippen LogP contribution >= 0.6 is 86.0 Å². The number of rotatable bonds is 0. The Morgan fingerprint density at radius 3 is 0.131 bits per heavy atom. The first-order valence-corrected chi connectivity index (χ1v) is 24.1. The van der Waals surface area contributed by atoms with Gasteiger partial charge in [0.05, 0.1) is 0 Å². The quantitative estimate of drug-likeness (QED) is 0.160. The molecule has 0 unspecified atom stereocenters. The molecule has 0 amide bonds. The van der Waals surface area contributed by atoms with Gasteiger partial charge >= 0.3 is 119 Å². The Morgan fingerprint density at radius 1 is 0.131 bits per heavy atom. The first-order chi connectivity index (χ1) is 22.0. The second kappa shape index (κ2) is 52.8. The van der Waals surface area contributed by atoms with Crippen LogP contribution in [0.4, 0.5) is 0 Å². The Morgan fingerprint density at radius 2 is 0.131 bits per heavy atom. The topological polar surface area (TPSA) is 949 Å². The first-order valence-electron chi connectivity index (χ1n) is 8.03. The van der Waals surface area contributed by atoms with Crippen molar-refractivity contribution in [1.82, 2.24) is 0 Å². The van der Waals surface area contributed by atoms with Crippen molar-refractivity contribution in [1.29, 1.82) is 0 Å². The minimum Gasteiger partial charge on any atom is -0.822 e. The molecule has 352 valence electrons. The summed E-state index contributed by atoms with van der Waals surface area (Å²) in [5, 5.41) is 0. The summed E-state index contributed by atoms with van der Waals surface area (Å²) in [4.78, 5) is 282. The summed E-state index contributed by atoms with van der Waals surface area (Å²) in [5.41, 5.74) is 0. The Balaban J connectivity index is -0.0000000230. The van der Waals surface area contributed by atoms with Crippen molar-refractivity contribution >= 4 is 86.0 Å². The van der Waals surface area contributed by atoms with E-state index in [0.29, 0.717) is 0 Å². The molecule has 0 aliphatic rings. The first kappa shape index (κ1) is 116. The van der Waals surface area contributed by atoms with E-state index in [1.54, 1.807) is 0 Å². The van der Waals surface area contributed by atoms with Crippen LogP contribution in [0.25, 0.3) is 0 Å². The van der Waals surface area contributed by atoms with Gasteiger partial charge < -0.3 is 212 Å². The van der Waals surface area contributed by atoms with Crippen molar-refractivity contribution in [2.45, 2.75) is 0 Å². The summed E-state index contributed by atoms with van der Waals surface area (Å²) in [7, 11) is -59.3. The van der Waals surface area contributed by atoms with E-state index < -0.39 is 86.0 Å². The fourth-order valence-electron chi connectivity index (χ4n) is 0. The maximum atomic E-state index is 8.55. The van der Waals surface area contributed by atoms with Crippen LogP contribution < -0.4 is 161 Å². The van der Waals surface area contributed by atoms with Gasteiger partial charge in [-0.15, -0.1) is 0 Å². The molecule has 0 aromatic rings. The molecule has 0 aliphatic heterocycles. The molecule has 0 N–H and O–H groups in total. The molecule has 0 spiro atoms. The zero-order valence-corrected chi connectivity index (χ0v) is 45.5. The molecule has 0 aromatic heterocycles. The van der Waals surface area contributed by atoms with Gasteiger partial charge in [0.25, 0.3) is 0 Å². The zero-order valence-electron chi connectivity index (χ0n) is 25.4.